The van der Waals surface area contributed by atoms with Crippen molar-refractivity contribution in [2.45, 2.75) is 51.6 Å². The summed E-state index contributed by atoms with van der Waals surface area (Å²) in [5, 5.41) is 9.66. The number of pyridine rings is 1. The van der Waals surface area contributed by atoms with E-state index < -0.39 is 11.3 Å². The minimum Gasteiger partial charge on any atom is -0.508 e. The van der Waals surface area contributed by atoms with Gasteiger partial charge in [-0.25, -0.2) is 0 Å². The van der Waals surface area contributed by atoms with Crippen LogP contribution in [-0.4, -0.2) is 39.5 Å². The summed E-state index contributed by atoms with van der Waals surface area (Å²) in [6.45, 7) is 9.29. The van der Waals surface area contributed by atoms with Crippen molar-refractivity contribution in [3.8, 4) is 5.75 Å². The maximum Gasteiger partial charge on any atom is 0.234 e. The predicted octanol–water partition coefficient (Wildman–Crippen LogP) is 3.07. The first-order valence-corrected chi connectivity index (χ1v) is 9.05. The molecule has 140 valence electrons. The molecular formula is C21H29N3O2. The quantitative estimate of drug-likeness (QED) is 0.763. The van der Waals surface area contributed by atoms with Gasteiger partial charge in [0.05, 0.1) is 5.69 Å². The van der Waals surface area contributed by atoms with Gasteiger partial charge in [0.1, 0.15) is 11.2 Å². The van der Waals surface area contributed by atoms with E-state index in [9.17, 15) is 9.90 Å². The number of rotatable bonds is 8. The molecule has 1 aromatic carbocycles. The highest BCUT2D eigenvalue weighted by molar-refractivity contribution is 5.90. The number of hydrogen-bond donors (Lipinski definition) is 2. The number of nitrogens with two attached hydrogens (primary N) is 1. The van der Waals surface area contributed by atoms with E-state index in [1.807, 2.05) is 18.2 Å². The van der Waals surface area contributed by atoms with E-state index in [0.29, 0.717) is 30.7 Å². The summed E-state index contributed by atoms with van der Waals surface area (Å²) in [6.07, 6.45) is 2.19. The van der Waals surface area contributed by atoms with E-state index in [4.69, 9.17) is 5.73 Å². The van der Waals surface area contributed by atoms with Crippen LogP contribution in [0.25, 0.3) is 0 Å². The summed E-state index contributed by atoms with van der Waals surface area (Å²) in [4.78, 5) is 19.6. The Kier molecular flexibility index (Phi) is 6.37. The van der Waals surface area contributed by atoms with E-state index in [-0.39, 0.29) is 5.75 Å². The highest BCUT2D eigenvalue weighted by Crippen LogP contribution is 2.36. The van der Waals surface area contributed by atoms with Crippen LogP contribution in [0.3, 0.4) is 0 Å². The third-order valence-corrected chi connectivity index (χ3v) is 4.95. The Morgan fingerprint density at radius 3 is 2.19 bits per heavy atom. The molecule has 0 aliphatic carbocycles. The standard InChI is InChI=1S/C21H29N3O2/c1-15(2)24(16(3)4)14-12-21(20(22)26,19-7-5-6-13-23-19)17-8-10-18(25)11-9-17/h5-11,13,15-16,25H,12,14H2,1-4H3,(H2,22,26). The Morgan fingerprint density at radius 1 is 1.12 bits per heavy atom. The molecule has 0 fully saturated rings. The topological polar surface area (TPSA) is 79.5 Å². The number of amides is 1. The third kappa shape index (κ3) is 4.05. The van der Waals surface area contributed by atoms with Crippen molar-refractivity contribution in [1.82, 2.24) is 9.88 Å². The number of hydrogen-bond acceptors (Lipinski definition) is 4. The fraction of sp³-hybridized carbons (Fsp3) is 0.429. The highest BCUT2D eigenvalue weighted by Gasteiger charge is 2.42. The molecule has 0 saturated carbocycles. The summed E-state index contributed by atoms with van der Waals surface area (Å²) in [5.41, 5.74) is 6.28. The molecule has 1 amide bonds. The van der Waals surface area contributed by atoms with E-state index in [1.165, 1.54) is 0 Å². The average Bonchev–Trinajstić information content (AvgIpc) is 2.59. The van der Waals surface area contributed by atoms with Gasteiger partial charge in [-0.2, -0.15) is 0 Å². The first-order chi connectivity index (χ1) is 12.3. The Labute approximate surface area is 155 Å². The van der Waals surface area contributed by atoms with E-state index >= 15 is 0 Å². The van der Waals surface area contributed by atoms with Crippen molar-refractivity contribution in [3.05, 3.63) is 59.9 Å². The van der Waals surface area contributed by atoms with Gasteiger partial charge in [-0.1, -0.05) is 18.2 Å². The fourth-order valence-corrected chi connectivity index (χ4v) is 3.58. The zero-order chi connectivity index (χ0) is 19.3. The van der Waals surface area contributed by atoms with Crippen molar-refractivity contribution < 1.29 is 9.90 Å². The molecule has 1 aromatic heterocycles. The van der Waals surface area contributed by atoms with Gasteiger partial charge in [0.25, 0.3) is 0 Å². The lowest BCUT2D eigenvalue weighted by Gasteiger charge is -2.36. The largest absolute Gasteiger partial charge is 0.508 e. The second-order valence-electron chi connectivity index (χ2n) is 7.21. The number of phenols is 1. The van der Waals surface area contributed by atoms with E-state index in [2.05, 4.69) is 37.6 Å². The van der Waals surface area contributed by atoms with Crippen molar-refractivity contribution in [2.75, 3.05) is 6.54 Å². The van der Waals surface area contributed by atoms with Gasteiger partial charge in [-0.15, -0.1) is 0 Å². The van der Waals surface area contributed by atoms with Gasteiger partial charge in [0.2, 0.25) is 5.91 Å². The monoisotopic (exact) mass is 355 g/mol. The predicted molar refractivity (Wildman–Crippen MR) is 104 cm³/mol. The molecule has 0 spiro atoms. The number of aromatic nitrogens is 1. The number of carbonyl (C=O) groups excluding carboxylic acids is 1. The third-order valence-electron chi connectivity index (χ3n) is 4.95. The number of nitrogens with zero attached hydrogens (tertiary/aromatic N) is 2. The molecule has 0 aliphatic rings. The molecule has 3 N–H and O–H groups in total. The lowest BCUT2D eigenvalue weighted by atomic mass is 9.73. The molecule has 0 saturated heterocycles. The maximum atomic E-state index is 12.8. The first-order valence-electron chi connectivity index (χ1n) is 9.05. The van der Waals surface area contributed by atoms with Crippen molar-refractivity contribution >= 4 is 5.91 Å². The minimum atomic E-state index is -1.04. The summed E-state index contributed by atoms with van der Waals surface area (Å²) in [5.74, 6) is -0.284. The first kappa shape index (κ1) is 19.9. The van der Waals surface area contributed by atoms with Gasteiger partial charge in [0.15, 0.2) is 0 Å². The molecule has 0 bridgehead atoms. The molecule has 1 heterocycles. The van der Waals surface area contributed by atoms with E-state index in [0.717, 1.165) is 5.56 Å². The summed E-state index contributed by atoms with van der Waals surface area (Å²) < 4.78 is 0. The van der Waals surface area contributed by atoms with Gasteiger partial charge in [0, 0.05) is 24.8 Å². The van der Waals surface area contributed by atoms with Crippen LogP contribution >= 0.6 is 0 Å². The highest BCUT2D eigenvalue weighted by atomic mass is 16.3. The number of carbonyl (C=O) groups is 1. The van der Waals surface area contributed by atoms with Crippen LogP contribution in [0, 0.1) is 0 Å². The van der Waals surface area contributed by atoms with E-state index in [1.54, 1.807) is 30.5 Å². The number of aromatic hydroxyl groups is 1. The summed E-state index contributed by atoms with van der Waals surface area (Å²) in [7, 11) is 0. The molecule has 0 radical (unpaired) electrons. The van der Waals surface area contributed by atoms with Crippen LogP contribution in [0.15, 0.2) is 48.7 Å². The molecule has 26 heavy (non-hydrogen) atoms. The maximum absolute atomic E-state index is 12.8. The Bertz CT molecular complexity index is 706. The van der Waals surface area contributed by atoms with Crippen LogP contribution in [-0.2, 0) is 10.2 Å². The van der Waals surface area contributed by atoms with Crippen LogP contribution < -0.4 is 5.73 Å². The van der Waals surface area contributed by atoms with Gasteiger partial charge < -0.3 is 10.8 Å². The molecular weight excluding hydrogens is 326 g/mol. The molecule has 1 atom stereocenters. The second-order valence-corrected chi connectivity index (χ2v) is 7.21. The number of primary amides is 1. The lowest BCUT2D eigenvalue weighted by molar-refractivity contribution is -0.122. The van der Waals surface area contributed by atoms with Crippen molar-refractivity contribution in [2.24, 2.45) is 5.73 Å². The Morgan fingerprint density at radius 2 is 1.73 bits per heavy atom. The van der Waals surface area contributed by atoms with Gasteiger partial charge in [-0.05, 0) is 63.9 Å². The second kappa shape index (κ2) is 8.32. The van der Waals surface area contributed by atoms with Gasteiger partial charge >= 0.3 is 0 Å². The lowest BCUT2D eigenvalue weighted by Crippen LogP contribution is -2.47. The Hall–Kier alpha value is -2.40. The zero-order valence-corrected chi connectivity index (χ0v) is 16.0. The smallest absolute Gasteiger partial charge is 0.234 e. The zero-order valence-electron chi connectivity index (χ0n) is 16.0. The molecule has 1 unspecified atom stereocenters. The molecule has 5 heteroatoms. The van der Waals surface area contributed by atoms with Crippen LogP contribution in [0.4, 0.5) is 0 Å². The van der Waals surface area contributed by atoms with Crippen LogP contribution in [0.5, 0.6) is 5.75 Å². The van der Waals surface area contributed by atoms with Crippen LogP contribution in [0.1, 0.15) is 45.4 Å². The number of benzene rings is 1. The molecule has 0 aliphatic heterocycles. The fourth-order valence-electron chi connectivity index (χ4n) is 3.58. The molecule has 2 aromatic rings. The summed E-state index contributed by atoms with van der Waals surface area (Å²) >= 11 is 0. The SMILES string of the molecule is CC(C)N(CCC(C(N)=O)(c1ccc(O)cc1)c1ccccn1)C(C)C. The van der Waals surface area contributed by atoms with Gasteiger partial charge in [-0.3, -0.25) is 14.7 Å². The van der Waals surface area contributed by atoms with Crippen molar-refractivity contribution in [1.29, 1.82) is 0 Å². The van der Waals surface area contributed by atoms with Crippen LogP contribution in [0.2, 0.25) is 0 Å². The van der Waals surface area contributed by atoms with Crippen molar-refractivity contribution in [3.63, 3.8) is 0 Å². The average molecular weight is 355 g/mol. The summed E-state index contributed by atoms with van der Waals surface area (Å²) in [6, 6.07) is 12.9. The molecule has 2 rings (SSSR count). The molecule has 5 nitrogen and oxygen atoms in total. The number of phenolic OH excluding ortho intramolecular Hbond substituents is 1. The Balaban J connectivity index is 2.53. The normalized spacial score (nSPS) is 14.0. The minimum absolute atomic E-state index is 0.152.